The van der Waals surface area contributed by atoms with Crippen molar-refractivity contribution in [3.8, 4) is 0 Å². The molecule has 160 valence electrons. The van der Waals surface area contributed by atoms with Gasteiger partial charge in [-0.1, -0.05) is 0 Å². The van der Waals surface area contributed by atoms with Crippen LogP contribution in [0.15, 0.2) is 0 Å². The van der Waals surface area contributed by atoms with E-state index in [1.165, 1.54) is 6.92 Å². The Balaban J connectivity index is 5.05. The van der Waals surface area contributed by atoms with E-state index in [2.05, 4.69) is 16.0 Å². The average Bonchev–Trinajstić information content (AvgIpc) is 2.63. The first-order chi connectivity index (χ1) is 13.1. The van der Waals surface area contributed by atoms with Crippen molar-refractivity contribution >= 4 is 29.6 Å². The van der Waals surface area contributed by atoms with E-state index in [9.17, 15) is 29.1 Å². The molecule has 0 aliphatic heterocycles. The minimum absolute atomic E-state index is 0.178. The number of amides is 4. The summed E-state index contributed by atoms with van der Waals surface area (Å²) < 4.78 is 0. The smallest absolute Gasteiger partial charge is 0.326 e. The monoisotopic (exact) mass is 402 g/mol. The van der Waals surface area contributed by atoms with Crippen LogP contribution >= 0.6 is 0 Å². The molecule has 10 N–H and O–H groups in total. The largest absolute Gasteiger partial charge is 0.480 e. The van der Waals surface area contributed by atoms with Crippen LogP contribution < -0.4 is 33.2 Å². The molecule has 0 aromatic heterocycles. The predicted molar refractivity (Wildman–Crippen MR) is 99.5 cm³/mol. The van der Waals surface area contributed by atoms with Crippen LogP contribution in [0.1, 0.15) is 39.0 Å². The highest BCUT2D eigenvalue weighted by Crippen LogP contribution is 2.04. The number of carbonyl (C=O) groups is 5. The van der Waals surface area contributed by atoms with Crippen LogP contribution in [0.25, 0.3) is 0 Å². The summed E-state index contributed by atoms with van der Waals surface area (Å²) in [4.78, 5) is 58.2. The van der Waals surface area contributed by atoms with Gasteiger partial charge >= 0.3 is 5.97 Å². The Morgan fingerprint density at radius 2 is 1.50 bits per heavy atom. The quantitative estimate of drug-likeness (QED) is 0.147. The van der Waals surface area contributed by atoms with Gasteiger partial charge in [0.1, 0.15) is 18.1 Å². The Labute approximate surface area is 162 Å². The van der Waals surface area contributed by atoms with Gasteiger partial charge in [-0.15, -0.1) is 0 Å². The second-order valence-corrected chi connectivity index (χ2v) is 6.24. The molecule has 0 radical (unpaired) electrons. The lowest BCUT2D eigenvalue weighted by Gasteiger charge is -2.23. The summed E-state index contributed by atoms with van der Waals surface area (Å²) in [5.41, 5.74) is 15.6. The van der Waals surface area contributed by atoms with Crippen molar-refractivity contribution in [2.24, 2.45) is 17.2 Å². The van der Waals surface area contributed by atoms with Crippen LogP contribution in [0.5, 0.6) is 0 Å². The van der Waals surface area contributed by atoms with Gasteiger partial charge in [0.05, 0.1) is 6.54 Å². The number of nitrogens with one attached hydrogen (secondary N) is 3. The lowest BCUT2D eigenvalue weighted by molar-refractivity contribution is -0.142. The molecular formula is C16H30N6O6. The third kappa shape index (κ3) is 10.4. The first-order valence-corrected chi connectivity index (χ1v) is 8.93. The zero-order chi connectivity index (χ0) is 21.7. The van der Waals surface area contributed by atoms with Crippen molar-refractivity contribution in [3.63, 3.8) is 0 Å². The number of hydrogen-bond acceptors (Lipinski definition) is 7. The fraction of sp³-hybridized carbons (Fsp3) is 0.688. The molecule has 0 aromatic rings. The van der Waals surface area contributed by atoms with Crippen molar-refractivity contribution in [1.29, 1.82) is 0 Å². The van der Waals surface area contributed by atoms with Gasteiger partial charge in [0.2, 0.25) is 23.6 Å². The van der Waals surface area contributed by atoms with E-state index in [0.717, 1.165) is 0 Å². The molecule has 0 spiro atoms. The lowest BCUT2D eigenvalue weighted by atomic mass is 10.1. The molecule has 0 rings (SSSR count). The van der Waals surface area contributed by atoms with Gasteiger partial charge in [-0.3, -0.25) is 19.2 Å². The Hall–Kier alpha value is -2.73. The highest BCUT2D eigenvalue weighted by atomic mass is 16.4. The van der Waals surface area contributed by atoms with E-state index in [1.54, 1.807) is 0 Å². The summed E-state index contributed by atoms with van der Waals surface area (Å²) in [7, 11) is 0. The Kier molecular flexibility index (Phi) is 12.1. The minimum atomic E-state index is -1.33. The number of hydrogen-bond donors (Lipinski definition) is 7. The van der Waals surface area contributed by atoms with Crippen molar-refractivity contribution in [2.75, 3.05) is 13.1 Å². The molecule has 4 amide bonds. The summed E-state index contributed by atoms with van der Waals surface area (Å²) in [5.74, 6) is -3.91. The summed E-state index contributed by atoms with van der Waals surface area (Å²) in [6.45, 7) is 1.52. The standard InChI is InChI=1S/C16H30N6O6/c1-9(20-13(24)8-18)14(25)21-10(4-2-3-7-17)15(26)22-11(16(27)28)5-6-12(19)23/h9-11H,2-8,17-18H2,1H3,(H2,19,23)(H,20,24)(H,21,25)(H,22,26)(H,27,28). The van der Waals surface area contributed by atoms with E-state index in [4.69, 9.17) is 17.2 Å². The third-order valence-electron chi connectivity index (χ3n) is 3.83. The van der Waals surface area contributed by atoms with E-state index in [0.29, 0.717) is 19.4 Å². The molecular weight excluding hydrogens is 372 g/mol. The number of carboxylic acids is 1. The van der Waals surface area contributed by atoms with E-state index < -0.39 is 47.7 Å². The Morgan fingerprint density at radius 3 is 2.00 bits per heavy atom. The zero-order valence-corrected chi connectivity index (χ0v) is 15.9. The molecule has 0 fully saturated rings. The van der Waals surface area contributed by atoms with Crippen LogP contribution in [-0.2, 0) is 24.0 Å². The number of rotatable bonds is 14. The van der Waals surface area contributed by atoms with Gasteiger partial charge in [-0.25, -0.2) is 4.79 Å². The molecule has 0 aliphatic carbocycles. The summed E-state index contributed by atoms with van der Waals surface area (Å²) in [6.07, 6.45) is 0.932. The molecule has 12 heteroatoms. The number of carbonyl (C=O) groups excluding carboxylic acids is 4. The zero-order valence-electron chi connectivity index (χ0n) is 15.9. The molecule has 0 aliphatic rings. The van der Waals surface area contributed by atoms with Gasteiger partial charge in [0, 0.05) is 6.42 Å². The highest BCUT2D eigenvalue weighted by Gasteiger charge is 2.28. The fourth-order valence-electron chi connectivity index (χ4n) is 2.24. The van der Waals surface area contributed by atoms with Crippen LogP contribution in [0.4, 0.5) is 0 Å². The molecule has 12 nitrogen and oxygen atoms in total. The van der Waals surface area contributed by atoms with E-state index in [-0.39, 0.29) is 25.8 Å². The maximum absolute atomic E-state index is 12.5. The normalized spacial score (nSPS) is 13.7. The van der Waals surface area contributed by atoms with Crippen molar-refractivity contribution < 1.29 is 29.1 Å². The predicted octanol–water partition coefficient (Wildman–Crippen LogP) is -3.10. The molecule has 0 bridgehead atoms. The van der Waals surface area contributed by atoms with Crippen molar-refractivity contribution in [3.05, 3.63) is 0 Å². The highest BCUT2D eigenvalue weighted by molar-refractivity contribution is 5.93. The molecule has 0 aromatic carbocycles. The number of primary amides is 1. The van der Waals surface area contributed by atoms with Crippen LogP contribution in [0.2, 0.25) is 0 Å². The summed E-state index contributed by atoms with van der Waals surface area (Å²) in [5, 5.41) is 16.3. The molecule has 3 unspecified atom stereocenters. The second kappa shape index (κ2) is 13.4. The van der Waals surface area contributed by atoms with E-state index >= 15 is 0 Å². The summed E-state index contributed by atoms with van der Waals surface area (Å²) in [6, 6.07) is -3.30. The topological polar surface area (TPSA) is 220 Å². The average molecular weight is 402 g/mol. The molecule has 3 atom stereocenters. The number of unbranched alkanes of at least 4 members (excludes halogenated alkanes) is 1. The van der Waals surface area contributed by atoms with Gasteiger partial charge in [-0.05, 0) is 39.2 Å². The lowest BCUT2D eigenvalue weighted by Crippen LogP contribution is -2.55. The SMILES string of the molecule is CC(NC(=O)CN)C(=O)NC(CCCCN)C(=O)NC(CCC(N)=O)C(=O)O. The van der Waals surface area contributed by atoms with Gasteiger partial charge < -0.3 is 38.3 Å². The van der Waals surface area contributed by atoms with Crippen LogP contribution in [-0.4, -0.2) is 65.9 Å². The van der Waals surface area contributed by atoms with Crippen LogP contribution in [0, 0.1) is 0 Å². The van der Waals surface area contributed by atoms with Gasteiger partial charge in [0.25, 0.3) is 0 Å². The first-order valence-electron chi connectivity index (χ1n) is 8.93. The second-order valence-electron chi connectivity index (χ2n) is 6.24. The van der Waals surface area contributed by atoms with Crippen molar-refractivity contribution in [2.45, 2.75) is 57.2 Å². The van der Waals surface area contributed by atoms with Gasteiger partial charge in [-0.2, -0.15) is 0 Å². The maximum Gasteiger partial charge on any atom is 0.326 e. The third-order valence-corrected chi connectivity index (χ3v) is 3.83. The minimum Gasteiger partial charge on any atom is -0.480 e. The first kappa shape index (κ1) is 25.3. The molecule has 0 saturated carbocycles. The number of carboxylic acid groups (broad SMARTS) is 1. The molecule has 0 saturated heterocycles. The van der Waals surface area contributed by atoms with E-state index in [1.807, 2.05) is 0 Å². The fourth-order valence-corrected chi connectivity index (χ4v) is 2.24. The summed E-state index contributed by atoms with van der Waals surface area (Å²) >= 11 is 0. The maximum atomic E-state index is 12.5. The number of aliphatic carboxylic acids is 1. The Morgan fingerprint density at radius 1 is 0.893 bits per heavy atom. The van der Waals surface area contributed by atoms with Crippen LogP contribution in [0.3, 0.4) is 0 Å². The van der Waals surface area contributed by atoms with Crippen molar-refractivity contribution in [1.82, 2.24) is 16.0 Å². The molecule has 0 heterocycles. The number of nitrogens with two attached hydrogens (primary N) is 3. The Bertz CT molecular complexity index is 570. The van der Waals surface area contributed by atoms with Gasteiger partial charge in [0.15, 0.2) is 0 Å². The molecule has 28 heavy (non-hydrogen) atoms.